The van der Waals surface area contributed by atoms with Gasteiger partial charge in [-0.3, -0.25) is 4.79 Å². The number of ketones is 1. The summed E-state index contributed by atoms with van der Waals surface area (Å²) in [5.74, 6) is -0.688. The van der Waals surface area contributed by atoms with E-state index in [0.717, 1.165) is 0 Å². The van der Waals surface area contributed by atoms with E-state index in [1.54, 1.807) is 32.1 Å². The second-order valence-corrected chi connectivity index (χ2v) is 7.69. The van der Waals surface area contributed by atoms with Crippen LogP contribution >= 0.6 is 0 Å². The summed E-state index contributed by atoms with van der Waals surface area (Å²) in [4.78, 5) is 13.0. The van der Waals surface area contributed by atoms with Gasteiger partial charge in [-0.15, -0.1) is 0 Å². The Morgan fingerprint density at radius 3 is 2.50 bits per heavy atom. The predicted molar refractivity (Wildman–Crippen MR) is 92.8 cm³/mol. The summed E-state index contributed by atoms with van der Waals surface area (Å²) in [6.45, 7) is 3.25. The van der Waals surface area contributed by atoms with E-state index in [1.807, 2.05) is 0 Å². The highest BCUT2D eigenvalue weighted by Gasteiger charge is 2.53. The van der Waals surface area contributed by atoms with Gasteiger partial charge < -0.3 is 24.8 Å². The third-order valence-corrected chi connectivity index (χ3v) is 5.39. The number of phenolic OH excluding ortho intramolecular Hbond substituents is 1. The maximum Gasteiger partial charge on any atom is 0.175 e. The molecule has 1 aliphatic carbocycles. The van der Waals surface area contributed by atoms with Crippen molar-refractivity contribution in [3.05, 3.63) is 47.9 Å². The molecule has 1 fully saturated rings. The Labute approximate surface area is 151 Å². The third kappa shape index (κ3) is 2.70. The van der Waals surface area contributed by atoms with E-state index >= 15 is 0 Å². The van der Waals surface area contributed by atoms with Gasteiger partial charge in [-0.05, 0) is 37.6 Å². The van der Waals surface area contributed by atoms with E-state index in [-0.39, 0.29) is 23.6 Å². The maximum absolute atomic E-state index is 13.0. The molecule has 3 N–H and O–H groups in total. The van der Waals surface area contributed by atoms with Crippen molar-refractivity contribution in [3.63, 3.8) is 0 Å². The molecule has 6 heteroatoms. The molecule has 0 bridgehead atoms. The summed E-state index contributed by atoms with van der Waals surface area (Å²) in [5.41, 5.74) is -0.118. The molecular weight excluding hydrogens is 336 g/mol. The molecule has 1 aromatic rings. The number of hydrogen-bond acceptors (Lipinski definition) is 6. The molecule has 3 aliphatic rings. The zero-order chi connectivity index (χ0) is 18.6. The molecule has 0 saturated heterocycles. The Bertz CT molecular complexity index is 786. The summed E-state index contributed by atoms with van der Waals surface area (Å²) >= 11 is 0. The van der Waals surface area contributed by atoms with Crippen LogP contribution in [-0.4, -0.2) is 45.0 Å². The van der Waals surface area contributed by atoms with E-state index in [1.165, 1.54) is 18.4 Å². The molecule has 5 atom stereocenters. The number of rotatable bonds is 2. The monoisotopic (exact) mass is 358 g/mol. The van der Waals surface area contributed by atoms with Crippen LogP contribution in [0.25, 0.3) is 5.57 Å². The van der Waals surface area contributed by atoms with Crippen LogP contribution in [0.1, 0.15) is 25.8 Å². The molecule has 0 radical (unpaired) electrons. The van der Waals surface area contributed by atoms with Crippen LogP contribution in [0.4, 0.5) is 0 Å². The van der Waals surface area contributed by atoms with Crippen molar-refractivity contribution in [2.45, 2.75) is 44.2 Å². The Morgan fingerprint density at radius 2 is 1.85 bits per heavy atom. The highest BCUT2D eigenvalue weighted by Crippen LogP contribution is 2.45. The number of phenols is 1. The predicted octanol–water partition coefficient (Wildman–Crippen LogP) is 1.75. The number of aliphatic hydroxyl groups excluding tert-OH is 1. The van der Waals surface area contributed by atoms with Crippen molar-refractivity contribution in [2.75, 3.05) is 0 Å². The summed E-state index contributed by atoms with van der Waals surface area (Å²) in [7, 11) is 0. The second kappa shape index (κ2) is 5.86. The summed E-state index contributed by atoms with van der Waals surface area (Å²) in [6.07, 6.45) is 1.90. The lowest BCUT2D eigenvalue weighted by Crippen LogP contribution is -2.53. The molecule has 26 heavy (non-hydrogen) atoms. The third-order valence-electron chi connectivity index (χ3n) is 5.39. The van der Waals surface area contributed by atoms with E-state index in [0.29, 0.717) is 23.3 Å². The normalized spacial score (nSPS) is 33.4. The largest absolute Gasteiger partial charge is 0.508 e. The fourth-order valence-electron chi connectivity index (χ4n) is 3.98. The van der Waals surface area contributed by atoms with Gasteiger partial charge in [0.05, 0.1) is 23.9 Å². The molecule has 0 amide bonds. The zero-order valence-corrected chi connectivity index (χ0v) is 14.6. The summed E-state index contributed by atoms with van der Waals surface area (Å²) in [6, 6.07) is 6.30. The molecule has 2 aliphatic heterocycles. The van der Waals surface area contributed by atoms with Crippen LogP contribution in [0.5, 0.6) is 5.75 Å². The molecule has 1 aromatic carbocycles. The van der Waals surface area contributed by atoms with Crippen LogP contribution < -0.4 is 0 Å². The van der Waals surface area contributed by atoms with E-state index < -0.39 is 23.7 Å². The number of Topliss-reactive ketones (excluding diaryl/α,β-unsaturated/α-hetero) is 1. The number of hydrogen-bond donors (Lipinski definition) is 3. The molecule has 1 saturated carbocycles. The number of allylic oxidation sites excluding steroid dienone is 1. The lowest BCUT2D eigenvalue weighted by molar-refractivity contribution is -0.143. The lowest BCUT2D eigenvalue weighted by atomic mass is 9.71. The van der Waals surface area contributed by atoms with Gasteiger partial charge in [0.15, 0.2) is 5.78 Å². The van der Waals surface area contributed by atoms with Crippen molar-refractivity contribution in [3.8, 4) is 5.75 Å². The molecule has 0 spiro atoms. The fraction of sp³-hybridized carbons (Fsp3) is 0.450. The minimum Gasteiger partial charge on any atom is -0.508 e. The number of ether oxygens (including phenoxy) is 2. The number of carbonyl (C=O) groups is 1. The minimum absolute atomic E-state index is 0.115. The number of fused-ring (bicyclic) bond motifs is 2. The van der Waals surface area contributed by atoms with Gasteiger partial charge in [0.25, 0.3) is 0 Å². The van der Waals surface area contributed by atoms with E-state index in [9.17, 15) is 20.1 Å². The zero-order valence-electron chi connectivity index (χ0n) is 14.6. The smallest absolute Gasteiger partial charge is 0.175 e. The van der Waals surface area contributed by atoms with Crippen molar-refractivity contribution in [2.24, 2.45) is 11.8 Å². The van der Waals surface area contributed by atoms with Crippen LogP contribution in [0.3, 0.4) is 0 Å². The van der Waals surface area contributed by atoms with Crippen LogP contribution in [-0.2, 0) is 14.3 Å². The first-order valence-electron chi connectivity index (χ1n) is 8.74. The molecule has 5 unspecified atom stereocenters. The average Bonchev–Trinajstić information content (AvgIpc) is 3.01. The number of benzene rings is 1. The minimum atomic E-state index is -1.14. The number of aliphatic hydroxyl groups is 2. The Morgan fingerprint density at radius 1 is 1.15 bits per heavy atom. The number of aromatic hydroxyl groups is 1. The highest BCUT2D eigenvalue weighted by atomic mass is 16.5. The molecule has 6 nitrogen and oxygen atoms in total. The van der Waals surface area contributed by atoms with Crippen LogP contribution in [0.2, 0.25) is 0 Å². The maximum atomic E-state index is 13.0. The summed E-state index contributed by atoms with van der Waals surface area (Å²) < 4.78 is 11.6. The Hall–Kier alpha value is -2.31. The topological polar surface area (TPSA) is 96.2 Å². The van der Waals surface area contributed by atoms with Gasteiger partial charge in [0.2, 0.25) is 0 Å². The van der Waals surface area contributed by atoms with Crippen molar-refractivity contribution < 1.29 is 29.6 Å². The molecule has 4 rings (SSSR count). The van der Waals surface area contributed by atoms with Crippen molar-refractivity contribution in [1.82, 2.24) is 0 Å². The average molecular weight is 358 g/mol. The first kappa shape index (κ1) is 17.1. The molecular formula is C20H22O6. The molecule has 0 aromatic heterocycles. The second-order valence-electron chi connectivity index (χ2n) is 7.69. The Balaban J connectivity index is 1.62. The van der Waals surface area contributed by atoms with E-state index in [2.05, 4.69) is 0 Å². The van der Waals surface area contributed by atoms with Gasteiger partial charge in [0, 0.05) is 12.3 Å². The fourth-order valence-corrected chi connectivity index (χ4v) is 3.98. The van der Waals surface area contributed by atoms with Gasteiger partial charge in [-0.25, -0.2) is 0 Å². The standard InChI is InChI=1S/C20H22O6/c1-20(2,24)16-7-12-14(26-16)8-15-17(18(12)22)19(23)13(9-25-15)10-3-5-11(21)6-4-10/h3-7,9,12,14-15,17-18,21-22,24H,8H2,1-2H3. The van der Waals surface area contributed by atoms with Gasteiger partial charge in [-0.1, -0.05) is 12.1 Å². The first-order chi connectivity index (χ1) is 12.3. The van der Waals surface area contributed by atoms with Gasteiger partial charge in [0.1, 0.15) is 29.3 Å². The van der Waals surface area contributed by atoms with Crippen molar-refractivity contribution >= 4 is 11.4 Å². The molecule has 2 heterocycles. The quantitative estimate of drug-likeness (QED) is 0.745. The first-order valence-corrected chi connectivity index (χ1v) is 8.74. The highest BCUT2D eigenvalue weighted by molar-refractivity contribution is 6.22. The Kier molecular flexibility index (Phi) is 3.86. The van der Waals surface area contributed by atoms with Gasteiger partial charge in [-0.2, -0.15) is 0 Å². The lowest BCUT2D eigenvalue weighted by Gasteiger charge is -2.42. The summed E-state index contributed by atoms with van der Waals surface area (Å²) in [5, 5.41) is 30.5. The number of carbonyl (C=O) groups excluding carboxylic acids is 1. The molecule has 138 valence electrons. The van der Waals surface area contributed by atoms with Crippen LogP contribution in [0, 0.1) is 11.8 Å². The van der Waals surface area contributed by atoms with Crippen LogP contribution in [0.15, 0.2) is 42.4 Å². The van der Waals surface area contributed by atoms with Crippen molar-refractivity contribution in [1.29, 1.82) is 0 Å². The van der Waals surface area contributed by atoms with Gasteiger partial charge >= 0.3 is 0 Å². The van der Waals surface area contributed by atoms with E-state index in [4.69, 9.17) is 9.47 Å². The SMILES string of the molecule is CC(C)(O)C1=CC2C(CC3OC=C(c4ccc(O)cc4)C(=O)C3C2O)O1.